The Morgan fingerprint density at radius 2 is 0.524 bits per heavy atom. The molecule has 0 amide bonds. The summed E-state index contributed by atoms with van der Waals surface area (Å²) in [4.78, 5) is 0. The first-order valence-electron chi connectivity index (χ1n) is 7.47. The molecule has 42 heavy (non-hydrogen) atoms. The number of hydrogen-bond donors (Lipinski definition) is 0. The summed E-state index contributed by atoms with van der Waals surface area (Å²) < 4.78 is 294. The first kappa shape index (κ1) is 43.5. The van der Waals surface area contributed by atoms with E-state index in [4.69, 9.17) is 0 Å². The molecule has 0 aromatic heterocycles. The van der Waals surface area contributed by atoms with Crippen molar-refractivity contribution in [3.63, 3.8) is 0 Å². The van der Waals surface area contributed by atoms with Crippen LogP contribution in [0.5, 0.6) is 0 Å². The van der Waals surface area contributed by atoms with Gasteiger partial charge in [0.1, 0.15) is 0 Å². The molecule has 0 bridgehead atoms. The minimum absolute atomic E-state index is 2.51. The van der Waals surface area contributed by atoms with Crippen LogP contribution in [0.4, 0.5) is 65.9 Å². The fraction of sp³-hybridized carbons (Fsp3) is 1.00. The van der Waals surface area contributed by atoms with Crippen LogP contribution in [0.15, 0.2) is 0 Å². The predicted molar refractivity (Wildman–Crippen MR) is 91.8 cm³/mol. The van der Waals surface area contributed by atoms with Crippen molar-refractivity contribution < 1.29 is 125 Å². The van der Waals surface area contributed by atoms with E-state index in [1.54, 1.807) is 0 Å². The molecule has 0 rings (SSSR count). The van der Waals surface area contributed by atoms with Crippen molar-refractivity contribution in [2.75, 3.05) is 0 Å². The average molecular weight is 875 g/mol. The van der Waals surface area contributed by atoms with Gasteiger partial charge in [0.05, 0.1) is 0 Å². The summed E-state index contributed by atoms with van der Waals surface area (Å²) in [5.74, 6) is 0. The Morgan fingerprint density at radius 1 is 0.357 bits per heavy atom. The van der Waals surface area contributed by atoms with Crippen LogP contribution < -0.4 is 0 Å². The van der Waals surface area contributed by atoms with Crippen molar-refractivity contribution in [1.82, 2.24) is 0 Å². The van der Waals surface area contributed by atoms with Gasteiger partial charge < -0.3 is 0 Å². The topological polar surface area (TPSA) is 217 Å². The number of hydrogen-bond acceptors (Lipinski definition) is 15. The molecule has 0 saturated carbocycles. The fourth-order valence-corrected chi connectivity index (χ4v) is 6.40. The summed E-state index contributed by atoms with van der Waals surface area (Å²) >= 11 is -3.86. The van der Waals surface area contributed by atoms with Crippen LogP contribution in [0, 0.1) is 0 Å². The van der Waals surface area contributed by atoms with Crippen LogP contribution in [0.25, 0.3) is 0 Å². The zero-order chi connectivity index (χ0) is 34.8. The van der Waals surface area contributed by atoms with Gasteiger partial charge in [-0.1, -0.05) is 0 Å². The molecule has 15 nitrogen and oxygen atoms in total. The molecule has 0 spiro atoms. The van der Waals surface area contributed by atoms with Crippen LogP contribution in [0.3, 0.4) is 0 Å². The molecule has 0 saturated heterocycles. The first-order valence-corrected chi connectivity index (χ1v) is 16.8. The normalized spacial score (nSPS) is 15.1. The maximum atomic E-state index is 12.0. The van der Waals surface area contributed by atoms with Gasteiger partial charge in [-0.15, -0.1) is 0 Å². The second kappa shape index (κ2) is 13.4. The van der Waals surface area contributed by atoms with Crippen molar-refractivity contribution in [3.05, 3.63) is 0 Å². The Hall–Kier alpha value is -0.636. The standard InChI is InChI=1S/C3BF9O9S3.2CHF3O3S.Sn/c5-1(6,7)23(14,15)20-4(21-24(16,17)2(8,9)10)22-25(18,19)3(11,12)13;2*2-1(3,4)8(5,6)7;/h;2*(H,5,6,7);/q;;;+2/p-2. The van der Waals surface area contributed by atoms with Gasteiger partial charge in [-0.25, -0.2) is 0 Å². The Balaban J connectivity index is 0. The molecule has 0 heterocycles. The van der Waals surface area contributed by atoms with E-state index in [-0.39, 0.29) is 0 Å². The second-order valence-corrected chi connectivity index (χ2v) is 16.4. The molecule has 0 aromatic carbocycles. The van der Waals surface area contributed by atoms with Gasteiger partial charge in [-0.05, 0) is 0 Å². The van der Waals surface area contributed by atoms with E-state index < -0.39 is 107 Å². The Bertz CT molecular complexity index is 1310. The van der Waals surface area contributed by atoms with E-state index in [0.717, 1.165) is 0 Å². The molecule has 37 heteroatoms. The summed E-state index contributed by atoms with van der Waals surface area (Å²) in [6, 6.07) is 0. The van der Waals surface area contributed by atoms with Gasteiger partial charge >= 0.3 is 156 Å². The van der Waals surface area contributed by atoms with Crippen molar-refractivity contribution in [3.8, 4) is 0 Å². The van der Waals surface area contributed by atoms with E-state index in [2.05, 4.69) is 17.3 Å². The SMILES string of the molecule is O=S(=O)(OB(OS(=O)(=O)C(F)(F)F)OS(=O)(=O)C(F)(F)F)C(F)(F)F.O=S(=O)([O][Sn][O]S(=O)(=O)C(F)(F)F)C(F)(F)F. The summed E-state index contributed by atoms with van der Waals surface area (Å²) in [6.45, 7) is 0. The van der Waals surface area contributed by atoms with Crippen LogP contribution in [-0.2, 0) is 67.9 Å². The molecule has 0 unspecified atom stereocenters. The quantitative estimate of drug-likeness (QED) is 0.169. The molecular formula is C5BF15O15S5Sn. The molecule has 252 valence electrons. The van der Waals surface area contributed by atoms with Crippen LogP contribution in [0.1, 0.15) is 0 Å². The molecule has 0 aliphatic carbocycles. The van der Waals surface area contributed by atoms with Crippen molar-refractivity contribution >= 4 is 79.9 Å². The summed E-state index contributed by atoms with van der Waals surface area (Å²) in [5.41, 5.74) is -31.3. The molecule has 2 radical (unpaired) electrons. The zero-order valence-electron chi connectivity index (χ0n) is 17.4. The van der Waals surface area contributed by atoms with Gasteiger partial charge in [-0.3, -0.25) is 12.3 Å². The Morgan fingerprint density at radius 3 is 0.667 bits per heavy atom. The summed E-state index contributed by atoms with van der Waals surface area (Å²) in [7, 11) is -38.4. The first-order chi connectivity index (χ1) is 17.7. The summed E-state index contributed by atoms with van der Waals surface area (Å²) in [6.07, 6.45) is 0. The van der Waals surface area contributed by atoms with E-state index in [1.807, 2.05) is 0 Å². The maximum absolute atomic E-state index is 12.0. The van der Waals surface area contributed by atoms with Crippen molar-refractivity contribution in [2.45, 2.75) is 27.5 Å². The molecular weight excluding hydrogens is 875 g/mol. The number of rotatable bonds is 10. The van der Waals surface area contributed by atoms with E-state index in [1.165, 1.54) is 0 Å². The third kappa shape index (κ3) is 12.8. The van der Waals surface area contributed by atoms with Gasteiger partial charge in [0.2, 0.25) is 0 Å². The van der Waals surface area contributed by atoms with Crippen molar-refractivity contribution in [1.29, 1.82) is 0 Å². The molecule has 0 aliphatic heterocycles. The third-order valence-corrected chi connectivity index (χ3v) is 11.9. The average Bonchev–Trinajstić information content (AvgIpc) is 2.62. The second-order valence-electron chi connectivity index (χ2n) is 5.33. The van der Waals surface area contributed by atoms with Gasteiger partial charge in [0.15, 0.2) is 0 Å². The van der Waals surface area contributed by atoms with E-state index >= 15 is 0 Å². The van der Waals surface area contributed by atoms with E-state index in [0.29, 0.717) is 0 Å². The van der Waals surface area contributed by atoms with Crippen LogP contribution >= 0.6 is 0 Å². The van der Waals surface area contributed by atoms with E-state index in [9.17, 15) is 108 Å². The number of halogens is 15. The molecule has 0 aromatic rings. The zero-order valence-corrected chi connectivity index (χ0v) is 24.3. The molecule has 0 atom stereocenters. The monoisotopic (exact) mass is 876 g/mol. The van der Waals surface area contributed by atoms with Gasteiger partial charge in [0.25, 0.3) is 0 Å². The van der Waals surface area contributed by atoms with Crippen molar-refractivity contribution in [2.24, 2.45) is 0 Å². The fourth-order valence-electron chi connectivity index (χ4n) is 0.720. The molecule has 0 aliphatic rings. The summed E-state index contributed by atoms with van der Waals surface area (Å²) in [5, 5.41) is 0. The molecule has 0 N–H and O–H groups in total. The third-order valence-electron chi connectivity index (χ3n) is 2.32. The Labute approximate surface area is 232 Å². The Kier molecular flexibility index (Phi) is 13.9. The van der Waals surface area contributed by atoms with Crippen LogP contribution in [-0.4, -0.2) is 98.9 Å². The molecule has 0 fully saturated rings. The predicted octanol–water partition coefficient (Wildman–Crippen LogP) is 0.823. The number of alkyl halides is 15. The minimum atomic E-state index is -7.15. The van der Waals surface area contributed by atoms with Gasteiger partial charge in [-0.2, -0.15) is 64.8 Å². The van der Waals surface area contributed by atoms with Crippen LogP contribution in [0.2, 0.25) is 0 Å². The van der Waals surface area contributed by atoms with Gasteiger partial charge in [0, 0.05) is 0 Å².